The van der Waals surface area contributed by atoms with E-state index >= 15 is 0 Å². The van der Waals surface area contributed by atoms with Crippen molar-refractivity contribution in [1.29, 1.82) is 0 Å². The summed E-state index contributed by atoms with van der Waals surface area (Å²) in [5.74, 6) is 0.221. The first-order valence-corrected chi connectivity index (χ1v) is 13.5. The van der Waals surface area contributed by atoms with Crippen LogP contribution in [0, 0.1) is 0 Å². The van der Waals surface area contributed by atoms with E-state index < -0.39 is 40.6 Å². The van der Waals surface area contributed by atoms with Crippen LogP contribution in [0.4, 0.5) is 5.82 Å². The topological polar surface area (TPSA) is 167 Å². The maximum absolute atomic E-state index is 11.3. The molecule has 0 unspecified atom stereocenters. The molecule has 4 atom stereocenters. The molecule has 14 heteroatoms. The minimum Gasteiger partial charge on any atom is -0.383 e. The predicted molar refractivity (Wildman–Crippen MR) is 124 cm³/mol. The summed E-state index contributed by atoms with van der Waals surface area (Å²) >= 11 is 1.58. The molecule has 1 aliphatic carbocycles. The maximum Gasteiger partial charge on any atom is 0.333 e. The van der Waals surface area contributed by atoms with Gasteiger partial charge in [0.05, 0.1) is 12.0 Å². The lowest BCUT2D eigenvalue weighted by Gasteiger charge is -2.24. The Hall–Kier alpha value is -1.81. The highest BCUT2D eigenvalue weighted by molar-refractivity contribution is 7.99. The van der Waals surface area contributed by atoms with Gasteiger partial charge in [0.1, 0.15) is 35.5 Å². The van der Waals surface area contributed by atoms with Gasteiger partial charge in [-0.2, -0.15) is 13.5 Å². The predicted octanol–water partition coefficient (Wildman–Crippen LogP) is 1.64. The Morgan fingerprint density at radius 2 is 2.06 bits per heavy atom. The van der Waals surface area contributed by atoms with E-state index in [2.05, 4.69) is 16.0 Å². The van der Waals surface area contributed by atoms with Crippen LogP contribution < -0.4 is 10.9 Å². The van der Waals surface area contributed by atoms with Crippen LogP contribution in [-0.4, -0.2) is 64.6 Å². The van der Waals surface area contributed by atoms with Crippen molar-refractivity contribution >= 4 is 38.9 Å². The molecule has 186 valence electrons. The van der Waals surface area contributed by atoms with Crippen molar-refractivity contribution in [2.24, 2.45) is 5.14 Å². The van der Waals surface area contributed by atoms with Crippen LogP contribution in [0.3, 0.4) is 0 Å². The second-order valence-corrected chi connectivity index (χ2v) is 11.2. The molecule has 2 aromatic rings. The van der Waals surface area contributed by atoms with Gasteiger partial charge in [-0.1, -0.05) is 23.4 Å². The van der Waals surface area contributed by atoms with E-state index in [0.717, 1.165) is 18.6 Å². The van der Waals surface area contributed by atoms with Crippen molar-refractivity contribution in [3.63, 3.8) is 0 Å². The van der Waals surface area contributed by atoms with Crippen LogP contribution in [-0.2, 0) is 28.7 Å². The van der Waals surface area contributed by atoms with Crippen LogP contribution in [0.1, 0.15) is 45.8 Å². The average Bonchev–Trinajstić information content (AvgIpc) is 3.40. The number of hydrogen-bond donors (Lipinski definition) is 2. The van der Waals surface area contributed by atoms with E-state index in [1.807, 2.05) is 0 Å². The molecule has 0 spiro atoms. The number of nitrogens with two attached hydrogens (primary N) is 2. The Balaban J connectivity index is 1.47. The van der Waals surface area contributed by atoms with Crippen molar-refractivity contribution in [3.05, 3.63) is 18.0 Å². The normalized spacial score (nSPS) is 28.9. The van der Waals surface area contributed by atoms with E-state index in [1.54, 1.807) is 30.3 Å². The molecule has 0 radical (unpaired) electrons. The Morgan fingerprint density at radius 3 is 2.79 bits per heavy atom. The smallest absolute Gasteiger partial charge is 0.333 e. The summed E-state index contributed by atoms with van der Waals surface area (Å²) in [6, 6.07) is 0. The van der Waals surface area contributed by atoms with Crippen LogP contribution >= 0.6 is 11.8 Å². The molecule has 2 aromatic heterocycles. The van der Waals surface area contributed by atoms with E-state index in [-0.39, 0.29) is 6.61 Å². The average molecular weight is 513 g/mol. The number of thioether (sulfide) groups is 1. The number of fused-ring (bicyclic) bond motifs is 2. The summed E-state index contributed by atoms with van der Waals surface area (Å²) in [6.45, 7) is 3.24. The van der Waals surface area contributed by atoms with Gasteiger partial charge in [-0.25, -0.2) is 19.8 Å². The standard InChI is InChI=1S/C20H28N6O6S2/c1-20(2)31-14-12(8-29-34(22,27)28)30-19(15(14)32-20)26-17-13(16(21)23-10-24-17)18(25-26)33-9-11-6-4-3-5-7-11/h6,10,12,14-15,19H,3-5,7-9H2,1-2H3,(H2,21,23,24)(H2,22,27,28)/t12-,14-,15-,19-/m1/s1. The third kappa shape index (κ3) is 4.80. The second-order valence-electron chi connectivity index (χ2n) is 9.01. The molecule has 12 nitrogen and oxygen atoms in total. The first-order valence-electron chi connectivity index (χ1n) is 11.1. The summed E-state index contributed by atoms with van der Waals surface area (Å²) in [7, 11) is -4.15. The van der Waals surface area contributed by atoms with Gasteiger partial charge in [0.25, 0.3) is 0 Å². The molecular weight excluding hydrogens is 484 g/mol. The molecule has 4 heterocycles. The molecule has 0 saturated carbocycles. The number of ether oxygens (including phenoxy) is 3. The largest absolute Gasteiger partial charge is 0.383 e. The molecular formula is C20H28N6O6S2. The molecule has 2 aliphatic heterocycles. The quantitative estimate of drug-likeness (QED) is 0.409. The number of nitrogens with zero attached hydrogens (tertiary/aromatic N) is 4. The van der Waals surface area contributed by atoms with Crippen LogP contribution in [0.25, 0.3) is 11.0 Å². The molecule has 0 amide bonds. The summed E-state index contributed by atoms with van der Waals surface area (Å²) in [6.07, 6.45) is 5.59. The molecule has 0 aromatic carbocycles. The van der Waals surface area contributed by atoms with Gasteiger partial charge in [-0.3, -0.25) is 4.18 Å². The highest BCUT2D eigenvalue weighted by atomic mass is 32.2. The van der Waals surface area contributed by atoms with Crippen molar-refractivity contribution in [2.75, 3.05) is 18.1 Å². The lowest BCUT2D eigenvalue weighted by Crippen LogP contribution is -2.34. The van der Waals surface area contributed by atoms with E-state index in [4.69, 9.17) is 34.4 Å². The maximum atomic E-state index is 11.3. The zero-order chi connectivity index (χ0) is 24.1. The number of aromatic nitrogens is 4. The SMILES string of the molecule is CC1(C)O[C@@H]2[C@H](O1)[C@@H](COS(N)(=O)=O)O[C@H]2n1nc(SCC2=CCCCC2)c2c(N)ncnc21. The molecule has 4 N–H and O–H groups in total. The van der Waals surface area contributed by atoms with Gasteiger partial charge in [0.15, 0.2) is 17.7 Å². The first kappa shape index (κ1) is 23.9. The summed E-state index contributed by atoms with van der Waals surface area (Å²) in [4.78, 5) is 8.57. The summed E-state index contributed by atoms with van der Waals surface area (Å²) in [5.41, 5.74) is 8.11. The van der Waals surface area contributed by atoms with E-state index in [0.29, 0.717) is 21.9 Å². The zero-order valence-corrected chi connectivity index (χ0v) is 20.5. The lowest BCUT2D eigenvalue weighted by atomic mass is 10.0. The lowest BCUT2D eigenvalue weighted by molar-refractivity contribution is -0.200. The molecule has 2 fully saturated rings. The van der Waals surface area contributed by atoms with Crippen molar-refractivity contribution < 1.29 is 26.8 Å². The van der Waals surface area contributed by atoms with Crippen LogP contribution in [0.5, 0.6) is 0 Å². The molecule has 3 aliphatic rings. The van der Waals surface area contributed by atoms with Gasteiger partial charge < -0.3 is 19.9 Å². The Kier molecular flexibility index (Phi) is 6.33. The van der Waals surface area contributed by atoms with Crippen molar-refractivity contribution in [2.45, 2.75) is 74.9 Å². The Morgan fingerprint density at radius 1 is 1.26 bits per heavy atom. The highest BCUT2D eigenvalue weighted by Crippen LogP contribution is 2.45. The Bertz CT molecular complexity index is 1220. The van der Waals surface area contributed by atoms with Crippen molar-refractivity contribution in [3.8, 4) is 0 Å². The minimum absolute atomic E-state index is 0.317. The molecule has 34 heavy (non-hydrogen) atoms. The summed E-state index contributed by atoms with van der Waals surface area (Å²) in [5, 5.41) is 11.1. The number of hydrogen-bond acceptors (Lipinski definition) is 11. The monoisotopic (exact) mass is 512 g/mol. The van der Waals surface area contributed by atoms with Gasteiger partial charge in [-0.05, 0) is 39.5 Å². The second kappa shape index (κ2) is 9.00. The first-order chi connectivity index (χ1) is 16.1. The minimum atomic E-state index is -4.15. The third-order valence-corrected chi connectivity index (χ3v) is 7.57. The number of rotatable bonds is 7. The molecule has 0 bridgehead atoms. The van der Waals surface area contributed by atoms with E-state index in [1.165, 1.54) is 24.7 Å². The molecule has 5 rings (SSSR count). The number of allylic oxidation sites excluding steroid dienone is 1. The van der Waals surface area contributed by atoms with Gasteiger partial charge >= 0.3 is 10.3 Å². The third-order valence-electron chi connectivity index (χ3n) is 6.03. The van der Waals surface area contributed by atoms with Crippen LogP contribution in [0.2, 0.25) is 0 Å². The van der Waals surface area contributed by atoms with Gasteiger partial charge in [0, 0.05) is 5.75 Å². The number of anilines is 1. The fraction of sp³-hybridized carbons (Fsp3) is 0.650. The number of nitrogen functional groups attached to an aromatic ring is 1. The summed E-state index contributed by atoms with van der Waals surface area (Å²) < 4.78 is 47.4. The molecule has 2 saturated heterocycles. The van der Waals surface area contributed by atoms with Gasteiger partial charge in [-0.15, -0.1) is 0 Å². The zero-order valence-electron chi connectivity index (χ0n) is 18.9. The van der Waals surface area contributed by atoms with Crippen molar-refractivity contribution in [1.82, 2.24) is 19.7 Å². The fourth-order valence-corrected chi connectivity index (χ4v) is 5.98. The highest BCUT2D eigenvalue weighted by Gasteiger charge is 2.57. The fourth-order valence-electron chi connectivity index (χ4n) is 4.59. The van der Waals surface area contributed by atoms with E-state index in [9.17, 15) is 8.42 Å². The van der Waals surface area contributed by atoms with Gasteiger partial charge in [0.2, 0.25) is 0 Å². The van der Waals surface area contributed by atoms with Crippen LogP contribution in [0.15, 0.2) is 23.0 Å². The Labute approximate surface area is 201 Å².